The molecule has 0 fully saturated rings. The van der Waals surface area contributed by atoms with Crippen LogP contribution in [0.2, 0.25) is 5.02 Å². The van der Waals surface area contributed by atoms with E-state index in [1.807, 2.05) is 0 Å². The Morgan fingerprint density at radius 1 is 1.40 bits per heavy atom. The second-order valence-electron chi connectivity index (χ2n) is 8.49. The standard InChI is InChI=1S/C19H25ClN4O4S2/c1-18(2,3)28-17(25)24-8-6-7-13(24)14-9-12(20)15(29-14)19(4)10-30(26,27)11-23(5)16(21)22-19/h6-9H,10-11H2,1-5H3,(H2,21,22)/t19-/m0/s1. The summed E-state index contributed by atoms with van der Waals surface area (Å²) < 4.78 is 32.0. The van der Waals surface area contributed by atoms with Crippen molar-refractivity contribution in [1.82, 2.24) is 9.47 Å². The Bertz CT molecular complexity index is 1110. The monoisotopic (exact) mass is 472 g/mol. The summed E-state index contributed by atoms with van der Waals surface area (Å²) in [5.41, 5.74) is 4.80. The molecule has 3 rings (SSSR count). The molecule has 2 N–H and O–H groups in total. The molecule has 30 heavy (non-hydrogen) atoms. The highest BCUT2D eigenvalue weighted by molar-refractivity contribution is 7.91. The summed E-state index contributed by atoms with van der Waals surface area (Å²) in [5.74, 6) is -0.311. The predicted octanol–water partition coefficient (Wildman–Crippen LogP) is 3.50. The summed E-state index contributed by atoms with van der Waals surface area (Å²) in [4.78, 5) is 19.7. The maximum Gasteiger partial charge on any atom is 0.419 e. The summed E-state index contributed by atoms with van der Waals surface area (Å²) in [6, 6.07) is 5.21. The molecular weight excluding hydrogens is 448 g/mol. The fraction of sp³-hybridized carbons (Fsp3) is 0.474. The van der Waals surface area contributed by atoms with E-state index in [0.29, 0.717) is 20.5 Å². The van der Waals surface area contributed by atoms with Crippen molar-refractivity contribution in [2.45, 2.75) is 38.8 Å². The largest absolute Gasteiger partial charge is 0.443 e. The second-order valence-corrected chi connectivity index (χ2v) is 12.0. The fourth-order valence-corrected chi connectivity index (χ4v) is 6.86. The number of nitrogens with two attached hydrogens (primary N) is 1. The van der Waals surface area contributed by atoms with E-state index in [-0.39, 0.29) is 17.6 Å². The van der Waals surface area contributed by atoms with Crippen LogP contribution in [0, 0.1) is 0 Å². The quantitative estimate of drug-likeness (QED) is 0.716. The Kier molecular flexibility index (Phi) is 5.72. The molecule has 0 bridgehead atoms. The number of hydrogen-bond acceptors (Lipinski definition) is 8. The minimum Gasteiger partial charge on any atom is -0.443 e. The van der Waals surface area contributed by atoms with Gasteiger partial charge >= 0.3 is 6.09 Å². The van der Waals surface area contributed by atoms with Crippen molar-refractivity contribution in [3.05, 3.63) is 34.3 Å². The van der Waals surface area contributed by atoms with Crippen LogP contribution in [-0.2, 0) is 20.1 Å². The van der Waals surface area contributed by atoms with Gasteiger partial charge in [0.25, 0.3) is 0 Å². The zero-order valence-electron chi connectivity index (χ0n) is 17.5. The maximum absolute atomic E-state index is 12.6. The van der Waals surface area contributed by atoms with Gasteiger partial charge in [0.05, 0.1) is 26.2 Å². The number of ether oxygens (including phenoxy) is 1. The lowest BCUT2D eigenvalue weighted by atomic mass is 10.0. The molecule has 1 atom stereocenters. The highest BCUT2D eigenvalue weighted by Crippen LogP contribution is 2.43. The molecule has 0 amide bonds. The molecule has 0 aromatic carbocycles. The van der Waals surface area contributed by atoms with Crippen molar-refractivity contribution >= 4 is 44.8 Å². The summed E-state index contributed by atoms with van der Waals surface area (Å²) in [5, 5.41) is 0.366. The number of guanidine groups is 1. The van der Waals surface area contributed by atoms with Gasteiger partial charge in [0, 0.05) is 13.2 Å². The molecule has 3 heterocycles. The lowest BCUT2D eigenvalue weighted by molar-refractivity contribution is 0.0540. The number of hydrogen-bond donors (Lipinski definition) is 1. The van der Waals surface area contributed by atoms with Gasteiger partial charge < -0.3 is 15.4 Å². The van der Waals surface area contributed by atoms with Crippen LogP contribution in [-0.4, -0.2) is 54.2 Å². The Morgan fingerprint density at radius 3 is 2.70 bits per heavy atom. The first-order valence-corrected chi connectivity index (χ1v) is 12.2. The van der Waals surface area contributed by atoms with Crippen molar-refractivity contribution in [2.24, 2.45) is 10.7 Å². The summed E-state index contributed by atoms with van der Waals surface area (Å²) in [6.07, 6.45) is 1.10. The van der Waals surface area contributed by atoms with E-state index in [0.717, 1.165) is 0 Å². The predicted molar refractivity (Wildman–Crippen MR) is 120 cm³/mol. The summed E-state index contributed by atoms with van der Waals surface area (Å²) in [7, 11) is -1.88. The number of aromatic nitrogens is 1. The number of rotatable bonds is 2. The van der Waals surface area contributed by atoms with Gasteiger partial charge in [0.2, 0.25) is 0 Å². The number of carbonyl (C=O) groups is 1. The van der Waals surface area contributed by atoms with E-state index in [1.54, 1.807) is 59.1 Å². The van der Waals surface area contributed by atoms with Crippen molar-refractivity contribution in [2.75, 3.05) is 18.7 Å². The molecule has 0 aliphatic carbocycles. The minimum absolute atomic E-state index is 0.127. The third-order valence-electron chi connectivity index (χ3n) is 4.41. The number of sulfone groups is 1. The van der Waals surface area contributed by atoms with Gasteiger partial charge in [0.15, 0.2) is 15.8 Å². The molecule has 0 saturated heterocycles. The SMILES string of the molecule is CN1CS(=O)(=O)C[C@@](C)(c2sc(-c3cccn3C(=O)OC(C)(C)C)cc2Cl)N=C1N. The molecule has 11 heteroatoms. The molecule has 8 nitrogen and oxygen atoms in total. The first-order chi connectivity index (χ1) is 13.7. The lowest BCUT2D eigenvalue weighted by Gasteiger charge is -2.22. The third kappa shape index (κ3) is 4.65. The fourth-order valence-electron chi connectivity index (χ4n) is 3.24. The van der Waals surface area contributed by atoms with Gasteiger partial charge in [-0.3, -0.25) is 4.57 Å². The number of nitrogens with zero attached hydrogens (tertiary/aromatic N) is 3. The van der Waals surface area contributed by atoms with Crippen molar-refractivity contribution in [3.8, 4) is 10.6 Å². The van der Waals surface area contributed by atoms with E-state index in [9.17, 15) is 13.2 Å². The summed E-state index contributed by atoms with van der Waals surface area (Å²) >= 11 is 7.80. The number of aliphatic imine (C=N–C) groups is 1. The van der Waals surface area contributed by atoms with E-state index in [2.05, 4.69) is 4.99 Å². The average Bonchev–Trinajstić information content (AvgIpc) is 3.16. The third-order valence-corrected chi connectivity index (χ3v) is 8.01. The molecule has 1 aliphatic rings. The van der Waals surface area contributed by atoms with Gasteiger partial charge in [-0.15, -0.1) is 11.3 Å². The highest BCUT2D eigenvalue weighted by Gasteiger charge is 2.39. The number of carbonyl (C=O) groups excluding carboxylic acids is 1. The molecule has 1 aliphatic heterocycles. The molecule has 0 unspecified atom stereocenters. The van der Waals surface area contributed by atoms with Crippen molar-refractivity contribution < 1.29 is 17.9 Å². The molecule has 2 aromatic rings. The first-order valence-electron chi connectivity index (χ1n) is 9.18. The summed E-state index contributed by atoms with van der Waals surface area (Å²) in [6.45, 7) is 7.08. The molecule has 0 spiro atoms. The van der Waals surface area contributed by atoms with Crippen LogP contribution in [0.15, 0.2) is 29.4 Å². The normalized spacial score (nSPS) is 21.8. The van der Waals surface area contributed by atoms with E-state index >= 15 is 0 Å². The van der Waals surface area contributed by atoms with Crippen molar-refractivity contribution in [3.63, 3.8) is 0 Å². The van der Waals surface area contributed by atoms with Crippen LogP contribution >= 0.6 is 22.9 Å². The zero-order chi connectivity index (χ0) is 22.5. The smallest absolute Gasteiger partial charge is 0.419 e. The first kappa shape index (κ1) is 22.6. The Morgan fingerprint density at radius 2 is 2.07 bits per heavy atom. The molecule has 2 aromatic heterocycles. The van der Waals surface area contributed by atoms with E-state index in [4.69, 9.17) is 22.1 Å². The van der Waals surface area contributed by atoms with E-state index < -0.39 is 27.1 Å². The average molecular weight is 473 g/mol. The van der Waals surface area contributed by atoms with Gasteiger partial charge in [0.1, 0.15) is 17.0 Å². The van der Waals surface area contributed by atoms with Gasteiger partial charge in [-0.05, 0) is 45.9 Å². The number of halogens is 1. The van der Waals surface area contributed by atoms with Crippen LogP contribution in [0.1, 0.15) is 32.6 Å². The minimum atomic E-state index is -3.46. The Hall–Kier alpha value is -2.04. The Labute approximate surface area is 185 Å². The maximum atomic E-state index is 12.6. The van der Waals surface area contributed by atoms with Crippen LogP contribution in [0.5, 0.6) is 0 Å². The van der Waals surface area contributed by atoms with Crippen LogP contribution in [0.3, 0.4) is 0 Å². The molecule has 0 radical (unpaired) electrons. The molecule has 164 valence electrons. The zero-order valence-corrected chi connectivity index (χ0v) is 19.9. The Balaban J connectivity index is 2.05. The molecule has 0 saturated carbocycles. The lowest BCUT2D eigenvalue weighted by Crippen LogP contribution is -2.36. The van der Waals surface area contributed by atoms with Gasteiger partial charge in [-0.25, -0.2) is 18.2 Å². The second kappa shape index (κ2) is 7.58. The van der Waals surface area contributed by atoms with Crippen molar-refractivity contribution in [1.29, 1.82) is 0 Å². The van der Waals surface area contributed by atoms with Gasteiger partial charge in [-0.1, -0.05) is 11.6 Å². The van der Waals surface area contributed by atoms with Crippen LogP contribution < -0.4 is 5.73 Å². The van der Waals surface area contributed by atoms with E-state index in [1.165, 1.54) is 20.8 Å². The number of thiophene rings is 1. The van der Waals surface area contributed by atoms with Crippen LogP contribution in [0.25, 0.3) is 10.6 Å². The van der Waals surface area contributed by atoms with Crippen LogP contribution in [0.4, 0.5) is 4.79 Å². The molecular formula is C19H25ClN4O4S2. The topological polar surface area (TPSA) is 107 Å². The van der Waals surface area contributed by atoms with Gasteiger partial charge in [-0.2, -0.15) is 0 Å². The highest BCUT2D eigenvalue weighted by atomic mass is 35.5.